The summed E-state index contributed by atoms with van der Waals surface area (Å²) in [5.41, 5.74) is 6.46. The third kappa shape index (κ3) is 3.68. The van der Waals surface area contributed by atoms with Crippen LogP contribution in [-0.4, -0.2) is 30.0 Å². The maximum atomic E-state index is 9.30. The van der Waals surface area contributed by atoms with Gasteiger partial charge in [-0.1, -0.05) is 12.1 Å². The summed E-state index contributed by atoms with van der Waals surface area (Å²) in [5, 5.41) is 18.0. The molecular weight excluding hydrogens is 218 g/mol. The van der Waals surface area contributed by atoms with Crippen molar-refractivity contribution in [1.29, 1.82) is 0 Å². The zero-order valence-electron chi connectivity index (χ0n) is 8.46. The molecule has 1 aromatic rings. The van der Waals surface area contributed by atoms with Crippen LogP contribution in [0.2, 0.25) is 0 Å². The van der Waals surface area contributed by atoms with Gasteiger partial charge in [-0.3, -0.25) is 0 Å². The van der Waals surface area contributed by atoms with E-state index in [4.69, 9.17) is 15.6 Å². The predicted molar refractivity (Wildman–Crippen MR) is 60.3 cm³/mol. The van der Waals surface area contributed by atoms with E-state index >= 15 is 0 Å². The molecule has 0 saturated carbocycles. The number of hydrogen-bond donors (Lipinski definition) is 3. The number of nitrogens with two attached hydrogens (primary N) is 1. The highest BCUT2D eigenvalue weighted by Gasteiger charge is 2.15. The molecule has 0 saturated heterocycles. The Morgan fingerprint density at radius 3 is 2.27 bits per heavy atom. The van der Waals surface area contributed by atoms with Gasteiger partial charge in [-0.25, -0.2) is 0 Å². The molecule has 0 radical (unpaired) electrons. The number of rotatable bonds is 4. The van der Waals surface area contributed by atoms with Crippen molar-refractivity contribution in [1.82, 2.24) is 0 Å². The lowest BCUT2D eigenvalue weighted by molar-refractivity contribution is 0.0741. The Balaban J connectivity index is 0.00000196. The van der Waals surface area contributed by atoms with Crippen LogP contribution in [0.15, 0.2) is 24.3 Å². The van der Waals surface area contributed by atoms with Crippen molar-refractivity contribution >= 4 is 12.4 Å². The molecule has 0 aliphatic rings. The molecule has 0 bridgehead atoms. The molecular formula is C10H16ClNO3. The molecule has 0 unspecified atom stereocenters. The van der Waals surface area contributed by atoms with Gasteiger partial charge in [0.15, 0.2) is 0 Å². The largest absolute Gasteiger partial charge is 0.497 e. The minimum absolute atomic E-state index is 0. The summed E-state index contributed by atoms with van der Waals surface area (Å²) in [6.45, 7) is -0.340. The fourth-order valence-electron chi connectivity index (χ4n) is 1.16. The molecule has 0 aliphatic carbocycles. The second-order valence-electron chi connectivity index (χ2n) is 3.05. The molecule has 0 aliphatic heterocycles. The average molecular weight is 234 g/mol. The first-order chi connectivity index (χ1) is 6.69. The number of aliphatic hydroxyl groups is 2. The third-order valence-electron chi connectivity index (χ3n) is 2.10. The van der Waals surface area contributed by atoms with Gasteiger partial charge in [-0.15, -0.1) is 12.4 Å². The van der Waals surface area contributed by atoms with Crippen molar-refractivity contribution in [2.45, 2.75) is 12.1 Å². The van der Waals surface area contributed by atoms with E-state index in [2.05, 4.69) is 0 Å². The maximum Gasteiger partial charge on any atom is 0.118 e. The van der Waals surface area contributed by atoms with Gasteiger partial charge in [0.25, 0.3) is 0 Å². The zero-order chi connectivity index (χ0) is 10.6. The minimum atomic E-state index is -0.927. The van der Waals surface area contributed by atoms with Crippen molar-refractivity contribution < 1.29 is 14.9 Å². The molecule has 4 nitrogen and oxygen atoms in total. The highest BCUT2D eigenvalue weighted by Crippen LogP contribution is 2.18. The van der Waals surface area contributed by atoms with Gasteiger partial charge >= 0.3 is 0 Å². The normalized spacial score (nSPS) is 13.9. The summed E-state index contributed by atoms with van der Waals surface area (Å²) in [7, 11) is 1.58. The van der Waals surface area contributed by atoms with Crippen LogP contribution < -0.4 is 10.5 Å². The highest BCUT2D eigenvalue weighted by atomic mass is 35.5. The number of ether oxygens (including phenoxy) is 1. The predicted octanol–water partition coefficient (Wildman–Crippen LogP) is 0.470. The van der Waals surface area contributed by atoms with Crippen molar-refractivity contribution in [3.8, 4) is 5.75 Å². The fourth-order valence-corrected chi connectivity index (χ4v) is 1.16. The first kappa shape index (κ1) is 14.2. The maximum absolute atomic E-state index is 9.30. The zero-order valence-corrected chi connectivity index (χ0v) is 9.28. The highest BCUT2D eigenvalue weighted by molar-refractivity contribution is 5.85. The molecule has 4 N–H and O–H groups in total. The fraction of sp³-hybridized carbons (Fsp3) is 0.400. The van der Waals surface area contributed by atoms with Crippen LogP contribution in [0, 0.1) is 0 Å². The van der Waals surface area contributed by atoms with E-state index in [1.165, 1.54) is 0 Å². The summed E-state index contributed by atoms with van der Waals surface area (Å²) in [4.78, 5) is 0. The smallest absolute Gasteiger partial charge is 0.118 e. The Morgan fingerprint density at radius 1 is 1.33 bits per heavy atom. The van der Waals surface area contributed by atoms with Crippen molar-refractivity contribution in [2.75, 3.05) is 13.7 Å². The molecule has 2 atom stereocenters. The number of methoxy groups -OCH3 is 1. The molecule has 86 valence electrons. The van der Waals surface area contributed by atoms with Crippen LogP contribution in [-0.2, 0) is 0 Å². The Kier molecular flexibility index (Phi) is 6.27. The summed E-state index contributed by atoms with van der Waals surface area (Å²) in [5.74, 6) is 0.736. The molecule has 15 heavy (non-hydrogen) atoms. The lowest BCUT2D eigenvalue weighted by Crippen LogP contribution is -2.29. The van der Waals surface area contributed by atoms with Gasteiger partial charge in [-0.05, 0) is 17.7 Å². The van der Waals surface area contributed by atoms with Crippen LogP contribution in [0.4, 0.5) is 0 Å². The first-order valence-electron chi connectivity index (χ1n) is 4.37. The van der Waals surface area contributed by atoms with Gasteiger partial charge in [0.05, 0.1) is 25.9 Å². The molecule has 0 aromatic heterocycles. The van der Waals surface area contributed by atoms with Crippen LogP contribution in [0.25, 0.3) is 0 Å². The van der Waals surface area contributed by atoms with Crippen molar-refractivity contribution in [3.63, 3.8) is 0 Å². The van der Waals surface area contributed by atoms with E-state index in [1.54, 1.807) is 31.4 Å². The Morgan fingerprint density at radius 2 is 1.87 bits per heavy atom. The molecule has 1 aromatic carbocycles. The Bertz CT molecular complexity index is 279. The third-order valence-corrected chi connectivity index (χ3v) is 2.10. The van der Waals surface area contributed by atoms with E-state index < -0.39 is 12.1 Å². The standard InChI is InChI=1S/C10H15NO3.ClH/c1-14-8-4-2-7(3-5-8)10(11)9(13)6-12;/h2-5,9-10,12-13H,6,11H2,1H3;1H/t9-,10+;/m1./s1. The monoisotopic (exact) mass is 233 g/mol. The average Bonchev–Trinajstić information content (AvgIpc) is 2.27. The summed E-state index contributed by atoms with van der Waals surface area (Å²) < 4.78 is 4.98. The van der Waals surface area contributed by atoms with E-state index in [0.717, 1.165) is 11.3 Å². The van der Waals surface area contributed by atoms with Crippen LogP contribution in [0.3, 0.4) is 0 Å². The van der Waals surface area contributed by atoms with Crippen LogP contribution in [0.1, 0.15) is 11.6 Å². The quantitative estimate of drug-likeness (QED) is 0.707. The molecule has 0 amide bonds. The number of benzene rings is 1. The van der Waals surface area contributed by atoms with E-state index in [0.29, 0.717) is 0 Å². The number of aliphatic hydroxyl groups excluding tert-OH is 2. The lowest BCUT2D eigenvalue weighted by Gasteiger charge is -2.16. The number of hydrogen-bond acceptors (Lipinski definition) is 4. The summed E-state index contributed by atoms with van der Waals surface area (Å²) in [6, 6.07) is 6.49. The van der Waals surface area contributed by atoms with Crippen LogP contribution >= 0.6 is 12.4 Å². The molecule has 5 heteroatoms. The van der Waals surface area contributed by atoms with E-state index in [9.17, 15) is 5.11 Å². The summed E-state index contributed by atoms with van der Waals surface area (Å²) >= 11 is 0. The second-order valence-corrected chi connectivity index (χ2v) is 3.05. The topological polar surface area (TPSA) is 75.7 Å². The van der Waals surface area contributed by atoms with E-state index in [1.807, 2.05) is 0 Å². The SMILES string of the molecule is COc1ccc([C@H](N)[C@H](O)CO)cc1.Cl. The van der Waals surface area contributed by atoms with Gasteiger partial charge in [0.2, 0.25) is 0 Å². The molecule has 1 rings (SSSR count). The van der Waals surface area contributed by atoms with E-state index in [-0.39, 0.29) is 19.0 Å². The molecule has 0 fully saturated rings. The second kappa shape index (κ2) is 6.63. The van der Waals surface area contributed by atoms with Crippen molar-refractivity contribution in [2.24, 2.45) is 5.73 Å². The van der Waals surface area contributed by atoms with Crippen LogP contribution in [0.5, 0.6) is 5.75 Å². The number of halogens is 1. The molecule has 0 heterocycles. The Labute approximate surface area is 95.1 Å². The van der Waals surface area contributed by atoms with Gasteiger partial charge in [0.1, 0.15) is 5.75 Å². The first-order valence-corrected chi connectivity index (χ1v) is 4.37. The van der Waals surface area contributed by atoms with Gasteiger partial charge in [0, 0.05) is 0 Å². The minimum Gasteiger partial charge on any atom is -0.497 e. The van der Waals surface area contributed by atoms with Gasteiger partial charge < -0.3 is 20.7 Å². The summed E-state index contributed by atoms with van der Waals surface area (Å²) in [6.07, 6.45) is -0.927. The lowest BCUT2D eigenvalue weighted by atomic mass is 10.0. The Hall–Kier alpha value is -0.810. The molecule has 0 spiro atoms. The van der Waals surface area contributed by atoms with Gasteiger partial charge in [-0.2, -0.15) is 0 Å². The van der Waals surface area contributed by atoms with Crippen molar-refractivity contribution in [3.05, 3.63) is 29.8 Å².